The first-order valence-corrected chi connectivity index (χ1v) is 6.04. The number of hydrogen-bond donors (Lipinski definition) is 3. The third kappa shape index (κ3) is 3.00. The second-order valence-electron chi connectivity index (χ2n) is 4.57. The Kier molecular flexibility index (Phi) is 3.84. The molecule has 2 atom stereocenters. The summed E-state index contributed by atoms with van der Waals surface area (Å²) in [5.74, 6) is 0.560. The van der Waals surface area contributed by atoms with Crippen molar-refractivity contribution in [3.05, 3.63) is 23.8 Å². The minimum atomic E-state index is -0.381. The summed E-state index contributed by atoms with van der Waals surface area (Å²) in [6, 6.07) is 5.80. The van der Waals surface area contributed by atoms with Crippen LogP contribution in [-0.2, 0) is 4.79 Å². The Hall–Kier alpha value is -1.59. The Morgan fingerprint density at radius 1 is 1.50 bits per heavy atom. The van der Waals surface area contributed by atoms with Gasteiger partial charge in [-0.15, -0.1) is 0 Å². The van der Waals surface area contributed by atoms with Gasteiger partial charge in [0.15, 0.2) is 6.61 Å². The summed E-state index contributed by atoms with van der Waals surface area (Å²) in [5.41, 5.74) is 1.75. The number of carbonyl (C=O) groups excluding carboxylic acids is 1. The van der Waals surface area contributed by atoms with Crippen LogP contribution in [0, 0.1) is 0 Å². The molecular formula is C13H18N2O3. The van der Waals surface area contributed by atoms with Crippen LogP contribution in [0.5, 0.6) is 5.75 Å². The quantitative estimate of drug-likeness (QED) is 0.747. The number of rotatable bonds is 4. The molecule has 0 aromatic heterocycles. The van der Waals surface area contributed by atoms with Crippen LogP contribution in [0.25, 0.3) is 0 Å². The summed E-state index contributed by atoms with van der Waals surface area (Å²) < 4.78 is 5.30. The molecule has 5 heteroatoms. The Morgan fingerprint density at radius 3 is 3.00 bits per heavy atom. The topological polar surface area (TPSA) is 70.6 Å². The fraction of sp³-hybridized carbons (Fsp3) is 0.462. The highest BCUT2D eigenvalue weighted by molar-refractivity contribution is 5.95. The van der Waals surface area contributed by atoms with Crippen molar-refractivity contribution in [2.75, 3.05) is 18.5 Å². The molecule has 0 fully saturated rings. The van der Waals surface area contributed by atoms with Crippen LogP contribution in [0.2, 0.25) is 0 Å². The summed E-state index contributed by atoms with van der Waals surface area (Å²) in [7, 11) is 0. The van der Waals surface area contributed by atoms with Crippen LogP contribution >= 0.6 is 0 Å². The number of aliphatic hydroxyl groups is 1. The molecular weight excluding hydrogens is 232 g/mol. The zero-order chi connectivity index (χ0) is 13.1. The van der Waals surface area contributed by atoms with Crippen molar-refractivity contribution in [1.82, 2.24) is 5.32 Å². The van der Waals surface area contributed by atoms with Gasteiger partial charge < -0.3 is 20.5 Å². The van der Waals surface area contributed by atoms with Gasteiger partial charge in [0.1, 0.15) is 5.75 Å². The maximum Gasteiger partial charge on any atom is 0.262 e. The zero-order valence-corrected chi connectivity index (χ0v) is 10.6. The van der Waals surface area contributed by atoms with Crippen LogP contribution in [0.3, 0.4) is 0 Å². The van der Waals surface area contributed by atoms with Gasteiger partial charge in [-0.05, 0) is 31.5 Å². The van der Waals surface area contributed by atoms with Crippen molar-refractivity contribution >= 4 is 11.6 Å². The number of carbonyl (C=O) groups is 1. The first-order chi connectivity index (χ1) is 8.56. The largest absolute Gasteiger partial charge is 0.482 e. The molecule has 0 bridgehead atoms. The molecule has 1 heterocycles. The molecule has 18 heavy (non-hydrogen) atoms. The smallest absolute Gasteiger partial charge is 0.262 e. The van der Waals surface area contributed by atoms with Gasteiger partial charge in [-0.3, -0.25) is 4.79 Å². The number of amides is 1. The highest BCUT2D eigenvalue weighted by Crippen LogP contribution is 2.30. The molecule has 1 amide bonds. The molecule has 5 nitrogen and oxygen atoms in total. The van der Waals surface area contributed by atoms with Crippen LogP contribution < -0.4 is 15.4 Å². The van der Waals surface area contributed by atoms with E-state index in [0.29, 0.717) is 18.0 Å². The van der Waals surface area contributed by atoms with Gasteiger partial charge >= 0.3 is 0 Å². The number of anilines is 1. The van der Waals surface area contributed by atoms with E-state index in [9.17, 15) is 9.90 Å². The van der Waals surface area contributed by atoms with E-state index >= 15 is 0 Å². The maximum atomic E-state index is 11.2. The van der Waals surface area contributed by atoms with Gasteiger partial charge in [0, 0.05) is 12.6 Å². The van der Waals surface area contributed by atoms with Gasteiger partial charge in [-0.1, -0.05) is 6.07 Å². The third-order valence-corrected chi connectivity index (χ3v) is 2.86. The Balaban J connectivity index is 2.10. The van der Waals surface area contributed by atoms with E-state index in [0.717, 1.165) is 5.56 Å². The number of aliphatic hydroxyl groups excluding tert-OH is 1. The minimum Gasteiger partial charge on any atom is -0.482 e. The normalized spacial score (nSPS) is 17.4. The first kappa shape index (κ1) is 12.9. The average Bonchev–Trinajstić information content (AvgIpc) is 2.34. The lowest BCUT2D eigenvalue weighted by molar-refractivity contribution is -0.118. The molecule has 2 unspecified atom stereocenters. The van der Waals surface area contributed by atoms with Crippen LogP contribution in [-0.4, -0.2) is 30.3 Å². The predicted octanol–water partition coefficient (Wildman–Crippen LogP) is 1.05. The first-order valence-electron chi connectivity index (χ1n) is 6.04. The van der Waals surface area contributed by atoms with E-state index in [2.05, 4.69) is 10.6 Å². The van der Waals surface area contributed by atoms with Crippen LogP contribution in [0.4, 0.5) is 5.69 Å². The number of hydrogen-bond acceptors (Lipinski definition) is 4. The Morgan fingerprint density at radius 2 is 2.28 bits per heavy atom. The molecule has 0 aliphatic carbocycles. The van der Waals surface area contributed by atoms with Crippen LogP contribution in [0.15, 0.2) is 18.2 Å². The van der Waals surface area contributed by atoms with Crippen molar-refractivity contribution in [3.63, 3.8) is 0 Å². The van der Waals surface area contributed by atoms with Crippen molar-refractivity contribution in [2.45, 2.75) is 26.0 Å². The molecule has 1 aromatic carbocycles. The van der Waals surface area contributed by atoms with Gasteiger partial charge in [0.25, 0.3) is 5.91 Å². The number of nitrogens with one attached hydrogen (secondary N) is 2. The van der Waals surface area contributed by atoms with E-state index < -0.39 is 0 Å². The van der Waals surface area contributed by atoms with Crippen molar-refractivity contribution in [1.29, 1.82) is 0 Å². The highest BCUT2D eigenvalue weighted by atomic mass is 16.5. The Bertz CT molecular complexity index is 446. The molecule has 1 aliphatic heterocycles. The van der Waals surface area contributed by atoms with E-state index in [1.165, 1.54) is 0 Å². The highest BCUT2D eigenvalue weighted by Gasteiger charge is 2.17. The monoisotopic (exact) mass is 250 g/mol. The molecule has 98 valence electrons. The molecule has 1 aromatic rings. The number of fused-ring (bicyclic) bond motifs is 1. The van der Waals surface area contributed by atoms with Crippen molar-refractivity contribution in [3.8, 4) is 5.75 Å². The minimum absolute atomic E-state index is 0.0716. The second-order valence-corrected chi connectivity index (χ2v) is 4.57. The van der Waals surface area contributed by atoms with Gasteiger partial charge in [-0.25, -0.2) is 0 Å². The van der Waals surface area contributed by atoms with E-state index in [1.807, 2.05) is 25.1 Å². The molecule has 2 rings (SSSR count). The lowest BCUT2D eigenvalue weighted by Gasteiger charge is -2.21. The lowest BCUT2D eigenvalue weighted by atomic mass is 10.1. The maximum absolute atomic E-state index is 11.2. The molecule has 0 saturated heterocycles. The van der Waals surface area contributed by atoms with E-state index in [-0.39, 0.29) is 24.7 Å². The number of benzene rings is 1. The lowest BCUT2D eigenvalue weighted by Crippen LogP contribution is -2.28. The van der Waals surface area contributed by atoms with Gasteiger partial charge in [0.2, 0.25) is 0 Å². The molecule has 3 N–H and O–H groups in total. The van der Waals surface area contributed by atoms with Gasteiger partial charge in [-0.2, -0.15) is 0 Å². The SMILES string of the molecule is CC(O)CNC(C)c1ccc2c(c1)NC(=O)CO2. The predicted molar refractivity (Wildman–Crippen MR) is 68.7 cm³/mol. The van der Waals surface area contributed by atoms with Crippen LogP contribution in [0.1, 0.15) is 25.5 Å². The summed E-state index contributed by atoms with van der Waals surface area (Å²) in [4.78, 5) is 11.2. The van der Waals surface area contributed by atoms with Crippen molar-refractivity contribution in [2.24, 2.45) is 0 Å². The standard InChI is InChI=1S/C13H18N2O3/c1-8(16)6-14-9(2)10-3-4-12-11(5-10)15-13(17)7-18-12/h3-5,8-9,14,16H,6-7H2,1-2H3,(H,15,17). The van der Waals surface area contributed by atoms with Crippen molar-refractivity contribution < 1.29 is 14.6 Å². The molecule has 1 aliphatic rings. The summed E-state index contributed by atoms with van der Waals surface area (Å²) >= 11 is 0. The van der Waals surface area contributed by atoms with E-state index in [1.54, 1.807) is 6.92 Å². The van der Waals surface area contributed by atoms with E-state index in [4.69, 9.17) is 4.74 Å². The molecule has 0 saturated carbocycles. The summed E-state index contributed by atoms with van der Waals surface area (Å²) in [6.45, 7) is 4.35. The number of ether oxygens (including phenoxy) is 1. The fourth-order valence-electron chi connectivity index (χ4n) is 1.84. The molecule has 0 spiro atoms. The molecule has 0 radical (unpaired) electrons. The summed E-state index contributed by atoms with van der Waals surface area (Å²) in [6.07, 6.45) is -0.381. The summed E-state index contributed by atoms with van der Waals surface area (Å²) in [5, 5.41) is 15.2. The average molecular weight is 250 g/mol. The third-order valence-electron chi connectivity index (χ3n) is 2.86. The second kappa shape index (κ2) is 5.37. The Labute approximate surface area is 106 Å². The van der Waals surface area contributed by atoms with Gasteiger partial charge in [0.05, 0.1) is 11.8 Å². The fourth-order valence-corrected chi connectivity index (χ4v) is 1.84. The zero-order valence-electron chi connectivity index (χ0n) is 10.6.